The largest absolute Gasteiger partial charge is 0.496 e. The maximum absolute atomic E-state index is 13.5. The van der Waals surface area contributed by atoms with Gasteiger partial charge in [-0.25, -0.2) is 4.79 Å². The number of imide groups is 1. The normalized spacial score (nSPS) is 18.9. The number of ether oxygens (including phenoxy) is 1. The molecular weight excluding hydrogens is 496 g/mol. The smallest absolute Gasteiger partial charge is 0.327 e. The number of aryl methyl sites for hydroxylation is 1. The number of hydrogen-bond donors (Lipinski definition) is 2. The van der Waals surface area contributed by atoms with Crippen molar-refractivity contribution in [3.63, 3.8) is 0 Å². The molecule has 2 fully saturated rings. The average molecular weight is 535 g/mol. The molecule has 208 valence electrons. The van der Waals surface area contributed by atoms with Crippen LogP contribution in [-0.4, -0.2) is 59.8 Å². The van der Waals surface area contributed by atoms with Gasteiger partial charge in [0.2, 0.25) is 17.7 Å². The Labute approximate surface area is 229 Å². The van der Waals surface area contributed by atoms with Crippen molar-refractivity contribution in [3.8, 4) is 5.75 Å². The topological polar surface area (TPSA) is 108 Å². The summed E-state index contributed by atoms with van der Waals surface area (Å²) in [6.07, 6.45) is 4.68. The molecule has 1 aliphatic heterocycles. The van der Waals surface area contributed by atoms with Crippen molar-refractivity contribution in [3.05, 3.63) is 59.7 Å². The average Bonchev–Trinajstić information content (AvgIpc) is 2.96. The zero-order chi connectivity index (χ0) is 27.8. The van der Waals surface area contributed by atoms with Gasteiger partial charge in [-0.15, -0.1) is 0 Å². The number of anilines is 1. The highest BCUT2D eigenvalue weighted by Gasteiger charge is 2.47. The first-order chi connectivity index (χ1) is 18.9. The van der Waals surface area contributed by atoms with E-state index in [4.69, 9.17) is 4.74 Å². The van der Waals surface area contributed by atoms with Gasteiger partial charge in [0, 0.05) is 36.8 Å². The van der Waals surface area contributed by atoms with Crippen molar-refractivity contribution >= 4 is 29.4 Å². The number of nitrogens with zero attached hydrogens (tertiary/aromatic N) is 2. The number of para-hydroxylation sites is 1. The quantitative estimate of drug-likeness (QED) is 0.451. The van der Waals surface area contributed by atoms with E-state index < -0.39 is 6.03 Å². The Bertz CT molecular complexity index is 1180. The number of carbonyl (C=O) groups excluding carboxylic acids is 4. The molecule has 0 aromatic heterocycles. The summed E-state index contributed by atoms with van der Waals surface area (Å²) in [6.45, 7) is 2.42. The number of nitrogens with one attached hydrogen (secondary N) is 2. The van der Waals surface area contributed by atoms with Crippen LogP contribution in [0.4, 0.5) is 10.5 Å². The zero-order valence-corrected chi connectivity index (χ0v) is 22.8. The summed E-state index contributed by atoms with van der Waals surface area (Å²) in [5.74, 6) is -0.259. The second-order valence-corrected chi connectivity index (χ2v) is 10.1. The maximum Gasteiger partial charge on any atom is 0.327 e. The molecule has 9 nitrogen and oxygen atoms in total. The maximum atomic E-state index is 13.5. The second kappa shape index (κ2) is 13.3. The van der Waals surface area contributed by atoms with Gasteiger partial charge in [0.25, 0.3) is 0 Å². The van der Waals surface area contributed by atoms with E-state index in [1.165, 1.54) is 10.5 Å². The van der Waals surface area contributed by atoms with Crippen molar-refractivity contribution in [2.75, 3.05) is 25.5 Å². The Morgan fingerprint density at radius 2 is 1.74 bits per heavy atom. The number of fused-ring (bicyclic) bond motifs is 1. The molecule has 2 atom stereocenters. The van der Waals surface area contributed by atoms with Gasteiger partial charge in [-0.1, -0.05) is 50.1 Å². The van der Waals surface area contributed by atoms with Crippen molar-refractivity contribution in [1.29, 1.82) is 0 Å². The first-order valence-corrected chi connectivity index (χ1v) is 13.8. The summed E-state index contributed by atoms with van der Waals surface area (Å²) < 4.78 is 5.32. The van der Waals surface area contributed by atoms with Crippen LogP contribution in [0.5, 0.6) is 5.75 Å². The first-order valence-electron chi connectivity index (χ1n) is 13.8. The Hall–Kier alpha value is -3.88. The molecule has 0 spiro atoms. The van der Waals surface area contributed by atoms with Gasteiger partial charge in [-0.05, 0) is 49.4 Å². The minimum absolute atomic E-state index is 0.112. The molecule has 1 heterocycles. The molecule has 4 rings (SSSR count). The van der Waals surface area contributed by atoms with E-state index in [1.54, 1.807) is 12.0 Å². The highest BCUT2D eigenvalue weighted by atomic mass is 16.5. The van der Waals surface area contributed by atoms with Gasteiger partial charge in [0.15, 0.2) is 0 Å². The first kappa shape index (κ1) is 28.1. The van der Waals surface area contributed by atoms with Crippen LogP contribution >= 0.6 is 0 Å². The summed E-state index contributed by atoms with van der Waals surface area (Å²) in [7, 11) is 1.58. The van der Waals surface area contributed by atoms with Crippen molar-refractivity contribution < 1.29 is 23.9 Å². The molecular formula is C30H38N4O5. The van der Waals surface area contributed by atoms with Crippen LogP contribution in [0.25, 0.3) is 0 Å². The summed E-state index contributed by atoms with van der Waals surface area (Å²) >= 11 is 0. The number of hydrogen-bond acceptors (Lipinski definition) is 5. The predicted molar refractivity (Wildman–Crippen MR) is 148 cm³/mol. The lowest BCUT2D eigenvalue weighted by molar-refractivity contribution is -0.142. The third-order valence-corrected chi connectivity index (χ3v) is 7.60. The van der Waals surface area contributed by atoms with Gasteiger partial charge >= 0.3 is 6.03 Å². The van der Waals surface area contributed by atoms with E-state index in [2.05, 4.69) is 17.6 Å². The molecule has 5 amide bonds. The molecule has 1 saturated carbocycles. The van der Waals surface area contributed by atoms with Crippen LogP contribution in [0.15, 0.2) is 48.5 Å². The highest BCUT2D eigenvalue weighted by Crippen LogP contribution is 2.34. The van der Waals surface area contributed by atoms with Gasteiger partial charge in [0.1, 0.15) is 12.3 Å². The van der Waals surface area contributed by atoms with Crippen LogP contribution in [0.3, 0.4) is 0 Å². The third kappa shape index (κ3) is 6.96. The fraction of sp³-hybridized carbons (Fsp3) is 0.467. The zero-order valence-electron chi connectivity index (χ0n) is 22.8. The SMILES string of the molecule is CCc1ccc(NC(=O)CN2C(=O)N(CCCC(=O)NCc3ccccc3OC)C(=O)C3CCCCC32)cc1. The van der Waals surface area contributed by atoms with Crippen molar-refractivity contribution in [1.82, 2.24) is 15.1 Å². The molecule has 2 N–H and O–H groups in total. The van der Waals surface area contributed by atoms with Crippen LogP contribution in [0.1, 0.15) is 56.6 Å². The molecule has 1 aliphatic carbocycles. The summed E-state index contributed by atoms with van der Waals surface area (Å²) in [6, 6.07) is 14.4. The van der Waals surface area contributed by atoms with Gasteiger partial charge in [-0.3, -0.25) is 19.3 Å². The molecule has 39 heavy (non-hydrogen) atoms. The number of benzene rings is 2. The number of carbonyl (C=O) groups is 4. The van der Waals surface area contributed by atoms with Crippen molar-refractivity contribution in [2.24, 2.45) is 5.92 Å². The van der Waals surface area contributed by atoms with E-state index in [9.17, 15) is 19.2 Å². The van der Waals surface area contributed by atoms with Gasteiger partial charge in [0.05, 0.1) is 13.0 Å². The molecule has 2 aromatic carbocycles. The van der Waals surface area contributed by atoms with Crippen LogP contribution < -0.4 is 15.4 Å². The lowest BCUT2D eigenvalue weighted by Crippen LogP contribution is -2.63. The Morgan fingerprint density at radius 3 is 2.49 bits per heavy atom. The summed E-state index contributed by atoms with van der Waals surface area (Å²) in [5, 5.41) is 5.75. The molecule has 2 aliphatic rings. The number of methoxy groups -OCH3 is 1. The lowest BCUT2D eigenvalue weighted by Gasteiger charge is -2.46. The summed E-state index contributed by atoms with van der Waals surface area (Å²) in [4.78, 5) is 54.9. The van der Waals surface area contributed by atoms with Crippen molar-refractivity contribution in [2.45, 2.75) is 64.5 Å². The predicted octanol–water partition coefficient (Wildman–Crippen LogP) is 4.12. The van der Waals surface area contributed by atoms with Crippen LogP contribution in [0.2, 0.25) is 0 Å². The number of rotatable bonds is 11. The van der Waals surface area contributed by atoms with Gasteiger partial charge in [-0.2, -0.15) is 0 Å². The fourth-order valence-electron chi connectivity index (χ4n) is 5.46. The van der Waals surface area contributed by atoms with E-state index >= 15 is 0 Å². The van der Waals surface area contributed by atoms with E-state index in [1.807, 2.05) is 48.5 Å². The molecule has 0 radical (unpaired) electrons. The van der Waals surface area contributed by atoms with E-state index in [0.29, 0.717) is 37.2 Å². The van der Waals surface area contributed by atoms with Crippen LogP contribution in [0, 0.1) is 5.92 Å². The number of amides is 5. The fourth-order valence-corrected chi connectivity index (χ4v) is 5.46. The molecule has 1 saturated heterocycles. The molecule has 2 unspecified atom stereocenters. The van der Waals surface area contributed by atoms with E-state index in [0.717, 1.165) is 24.8 Å². The van der Waals surface area contributed by atoms with Crippen LogP contribution in [-0.2, 0) is 27.3 Å². The lowest BCUT2D eigenvalue weighted by atomic mass is 9.81. The number of urea groups is 1. The minimum atomic E-state index is -0.450. The molecule has 2 aromatic rings. The second-order valence-electron chi connectivity index (χ2n) is 10.1. The monoisotopic (exact) mass is 534 g/mol. The molecule has 0 bridgehead atoms. The van der Waals surface area contributed by atoms with Gasteiger partial charge < -0.3 is 20.3 Å². The molecule has 9 heteroatoms. The Kier molecular flexibility index (Phi) is 9.57. The standard InChI is InChI=1S/C30H38N4O5/c1-3-21-14-16-23(17-15-21)32-28(36)20-34-25-11-6-5-10-24(25)29(37)33(30(34)38)18-8-13-27(35)31-19-22-9-4-7-12-26(22)39-2/h4,7,9,12,14-17,24-25H,3,5-6,8,10-11,13,18-20H2,1-2H3,(H,31,35)(H,32,36). The highest BCUT2D eigenvalue weighted by molar-refractivity contribution is 6.01. The third-order valence-electron chi connectivity index (χ3n) is 7.60. The Balaban J connectivity index is 1.34. The minimum Gasteiger partial charge on any atom is -0.496 e. The van der Waals surface area contributed by atoms with E-state index in [-0.39, 0.29) is 49.2 Å². The summed E-state index contributed by atoms with van der Waals surface area (Å²) in [5.41, 5.74) is 2.72. The Morgan fingerprint density at radius 1 is 1.00 bits per heavy atom.